The van der Waals surface area contributed by atoms with Crippen molar-refractivity contribution in [2.24, 2.45) is 5.92 Å². The van der Waals surface area contributed by atoms with Crippen molar-refractivity contribution in [1.82, 2.24) is 0 Å². The highest BCUT2D eigenvalue weighted by Gasteiger charge is 2.27. The van der Waals surface area contributed by atoms with Gasteiger partial charge in [-0.1, -0.05) is 30.5 Å². The fourth-order valence-electron chi connectivity index (χ4n) is 2.47. The van der Waals surface area contributed by atoms with Gasteiger partial charge in [0.2, 0.25) is 0 Å². The van der Waals surface area contributed by atoms with Crippen LogP contribution in [0.3, 0.4) is 0 Å². The molecule has 0 amide bonds. The van der Waals surface area contributed by atoms with E-state index in [1.165, 1.54) is 12.8 Å². The normalized spacial score (nSPS) is 19.0. The predicted molar refractivity (Wildman–Crippen MR) is 70.9 cm³/mol. The average Bonchev–Trinajstić information content (AvgIpc) is 2.82. The lowest BCUT2D eigenvalue weighted by Crippen LogP contribution is -2.22. The predicted octanol–water partition coefficient (Wildman–Crippen LogP) is 3.28. The highest BCUT2D eigenvalue weighted by Crippen LogP contribution is 2.30. The molecule has 100 valence electrons. The lowest BCUT2D eigenvalue weighted by molar-refractivity contribution is 0.161. The summed E-state index contributed by atoms with van der Waals surface area (Å²) in [6.07, 6.45) is 4.29. The molecule has 1 aliphatic carbocycles. The van der Waals surface area contributed by atoms with Gasteiger partial charge in [0.1, 0.15) is 0 Å². The molecule has 1 aromatic carbocycles. The second-order valence-electron chi connectivity index (χ2n) is 5.11. The molecule has 1 unspecified atom stereocenters. The monoisotopic (exact) mass is 268 g/mol. The molecule has 0 heterocycles. The van der Waals surface area contributed by atoms with Crippen molar-refractivity contribution in [2.75, 3.05) is 0 Å². The van der Waals surface area contributed by atoms with E-state index in [1.807, 2.05) is 13.8 Å². The molecule has 1 fully saturated rings. The first-order valence-electron chi connectivity index (χ1n) is 6.49. The molecule has 18 heavy (non-hydrogen) atoms. The van der Waals surface area contributed by atoms with Crippen LogP contribution >= 0.6 is 0 Å². The zero-order chi connectivity index (χ0) is 13.2. The SMILES string of the molecule is Cc1ccc(S(=O)(=O)OC(C)C2CCCC2)cc1. The smallest absolute Gasteiger partial charge is 0.263 e. The second-order valence-corrected chi connectivity index (χ2v) is 6.69. The molecular weight excluding hydrogens is 248 g/mol. The zero-order valence-corrected chi connectivity index (χ0v) is 11.7. The molecule has 0 aliphatic heterocycles. The van der Waals surface area contributed by atoms with Crippen molar-refractivity contribution in [3.05, 3.63) is 29.8 Å². The number of hydrogen-bond acceptors (Lipinski definition) is 3. The van der Waals surface area contributed by atoms with Gasteiger partial charge < -0.3 is 0 Å². The summed E-state index contributed by atoms with van der Waals surface area (Å²) in [6.45, 7) is 3.79. The zero-order valence-electron chi connectivity index (χ0n) is 10.9. The molecule has 0 aromatic heterocycles. The summed E-state index contributed by atoms with van der Waals surface area (Å²) in [5, 5.41) is 0. The first kappa shape index (κ1) is 13.6. The van der Waals surface area contributed by atoms with Gasteiger partial charge in [0, 0.05) is 0 Å². The molecule has 0 saturated heterocycles. The van der Waals surface area contributed by atoms with Crippen LogP contribution < -0.4 is 0 Å². The van der Waals surface area contributed by atoms with Crippen molar-refractivity contribution in [3.8, 4) is 0 Å². The lowest BCUT2D eigenvalue weighted by Gasteiger charge is -2.18. The van der Waals surface area contributed by atoms with Gasteiger partial charge in [-0.25, -0.2) is 0 Å². The third-order valence-corrected chi connectivity index (χ3v) is 5.06. The second kappa shape index (κ2) is 5.41. The number of hydrogen-bond donors (Lipinski definition) is 0. The van der Waals surface area contributed by atoms with Crippen LogP contribution in [0.25, 0.3) is 0 Å². The van der Waals surface area contributed by atoms with Crippen LogP contribution in [0.5, 0.6) is 0 Å². The Morgan fingerprint density at radius 1 is 1.17 bits per heavy atom. The summed E-state index contributed by atoms with van der Waals surface area (Å²) >= 11 is 0. The minimum absolute atomic E-state index is 0.223. The van der Waals surface area contributed by atoms with E-state index >= 15 is 0 Å². The Labute approximate surface area is 109 Å². The molecule has 0 spiro atoms. The van der Waals surface area contributed by atoms with Crippen molar-refractivity contribution in [3.63, 3.8) is 0 Å². The maximum Gasteiger partial charge on any atom is 0.297 e. The average molecular weight is 268 g/mol. The van der Waals surface area contributed by atoms with E-state index in [0.717, 1.165) is 18.4 Å². The lowest BCUT2D eigenvalue weighted by atomic mass is 10.0. The molecule has 1 aliphatic rings. The van der Waals surface area contributed by atoms with Crippen LogP contribution in [-0.2, 0) is 14.3 Å². The van der Waals surface area contributed by atoms with Gasteiger partial charge in [0.15, 0.2) is 0 Å². The van der Waals surface area contributed by atoms with E-state index in [-0.39, 0.29) is 11.0 Å². The molecule has 0 N–H and O–H groups in total. The molecule has 1 saturated carbocycles. The van der Waals surface area contributed by atoms with Crippen molar-refractivity contribution in [1.29, 1.82) is 0 Å². The van der Waals surface area contributed by atoms with Gasteiger partial charge >= 0.3 is 0 Å². The Hall–Kier alpha value is -0.870. The molecule has 2 rings (SSSR count). The maximum atomic E-state index is 12.1. The summed E-state index contributed by atoms with van der Waals surface area (Å²) in [7, 11) is -3.61. The fraction of sp³-hybridized carbons (Fsp3) is 0.571. The van der Waals surface area contributed by atoms with E-state index < -0.39 is 10.1 Å². The molecule has 4 heteroatoms. The summed E-state index contributed by atoms with van der Waals surface area (Å²) in [6, 6.07) is 6.78. The van der Waals surface area contributed by atoms with Gasteiger partial charge in [0.25, 0.3) is 10.1 Å². The van der Waals surface area contributed by atoms with Crippen LogP contribution in [0.1, 0.15) is 38.2 Å². The maximum absolute atomic E-state index is 12.1. The summed E-state index contributed by atoms with van der Waals surface area (Å²) in [5.41, 5.74) is 1.04. The Kier molecular flexibility index (Phi) is 4.07. The van der Waals surface area contributed by atoms with E-state index in [0.29, 0.717) is 5.92 Å². The van der Waals surface area contributed by atoms with Crippen LogP contribution in [-0.4, -0.2) is 14.5 Å². The number of benzene rings is 1. The number of rotatable bonds is 4. The number of aryl methyl sites for hydroxylation is 1. The highest BCUT2D eigenvalue weighted by molar-refractivity contribution is 7.86. The quantitative estimate of drug-likeness (QED) is 0.787. The van der Waals surface area contributed by atoms with Crippen LogP contribution in [0, 0.1) is 12.8 Å². The Morgan fingerprint density at radius 3 is 2.28 bits per heavy atom. The van der Waals surface area contributed by atoms with Crippen molar-refractivity contribution >= 4 is 10.1 Å². The molecule has 0 bridgehead atoms. The molecule has 3 nitrogen and oxygen atoms in total. The standard InChI is InChI=1S/C14H20O3S/c1-11-7-9-14(10-8-11)18(15,16)17-12(2)13-5-3-4-6-13/h7-10,12-13H,3-6H2,1-2H3. The Bertz CT molecular complexity index is 484. The minimum Gasteiger partial charge on any atom is -0.263 e. The topological polar surface area (TPSA) is 43.4 Å². The molecular formula is C14H20O3S. The Morgan fingerprint density at radius 2 is 1.72 bits per heavy atom. The molecule has 1 atom stereocenters. The van der Waals surface area contributed by atoms with Crippen LogP contribution in [0.15, 0.2) is 29.2 Å². The van der Waals surface area contributed by atoms with Gasteiger partial charge in [-0.05, 0) is 44.7 Å². The van der Waals surface area contributed by atoms with Crippen molar-refractivity contribution < 1.29 is 12.6 Å². The third-order valence-electron chi connectivity index (χ3n) is 3.65. The molecule has 0 radical (unpaired) electrons. The largest absolute Gasteiger partial charge is 0.297 e. The Balaban J connectivity index is 2.09. The van der Waals surface area contributed by atoms with Crippen LogP contribution in [0.4, 0.5) is 0 Å². The first-order chi connectivity index (χ1) is 8.49. The van der Waals surface area contributed by atoms with Gasteiger partial charge in [0.05, 0.1) is 11.0 Å². The highest BCUT2D eigenvalue weighted by atomic mass is 32.2. The summed E-state index contributed by atoms with van der Waals surface area (Å²) < 4.78 is 29.5. The molecule has 1 aromatic rings. The van der Waals surface area contributed by atoms with Gasteiger partial charge in [-0.3, -0.25) is 4.18 Å². The first-order valence-corrected chi connectivity index (χ1v) is 7.90. The fourth-order valence-corrected chi connectivity index (χ4v) is 3.60. The van der Waals surface area contributed by atoms with Gasteiger partial charge in [-0.15, -0.1) is 0 Å². The van der Waals surface area contributed by atoms with Crippen molar-refractivity contribution in [2.45, 2.75) is 50.5 Å². The summed E-state index contributed by atoms with van der Waals surface area (Å²) in [5.74, 6) is 0.380. The third kappa shape index (κ3) is 3.12. The van der Waals surface area contributed by atoms with E-state index in [4.69, 9.17) is 4.18 Å². The van der Waals surface area contributed by atoms with Gasteiger partial charge in [-0.2, -0.15) is 8.42 Å². The minimum atomic E-state index is -3.61. The van der Waals surface area contributed by atoms with E-state index in [9.17, 15) is 8.42 Å². The van der Waals surface area contributed by atoms with E-state index in [2.05, 4.69) is 0 Å². The summed E-state index contributed by atoms with van der Waals surface area (Å²) in [4.78, 5) is 0.248. The van der Waals surface area contributed by atoms with E-state index in [1.54, 1.807) is 24.3 Å². The van der Waals surface area contributed by atoms with Crippen LogP contribution in [0.2, 0.25) is 0 Å².